The lowest BCUT2D eigenvalue weighted by Crippen LogP contribution is -2.50. The van der Waals surface area contributed by atoms with Crippen LogP contribution in [0.2, 0.25) is 10.0 Å². The van der Waals surface area contributed by atoms with Gasteiger partial charge in [-0.05, 0) is 38.5 Å². The Kier molecular flexibility index (Phi) is 6.27. The minimum absolute atomic E-state index is 0.139. The molecular weight excluding hydrogens is 319 g/mol. The van der Waals surface area contributed by atoms with E-state index in [1.165, 1.54) is 0 Å². The van der Waals surface area contributed by atoms with E-state index in [9.17, 15) is 4.79 Å². The first-order valence-electron chi connectivity index (χ1n) is 7.80. The van der Waals surface area contributed by atoms with Gasteiger partial charge in [-0.1, -0.05) is 29.3 Å². The fourth-order valence-corrected chi connectivity index (χ4v) is 3.22. The second-order valence-corrected chi connectivity index (χ2v) is 7.08. The van der Waals surface area contributed by atoms with Crippen molar-refractivity contribution < 1.29 is 4.79 Å². The molecular formula is C17H24Cl2N2O. The van der Waals surface area contributed by atoms with Gasteiger partial charge in [0.2, 0.25) is 0 Å². The number of carbonyl (C=O) groups excluding carboxylic acids is 1. The molecule has 0 aromatic heterocycles. The van der Waals surface area contributed by atoms with Gasteiger partial charge in [0.05, 0.1) is 16.0 Å². The average Bonchev–Trinajstić information content (AvgIpc) is 2.48. The maximum atomic E-state index is 12.1. The zero-order valence-corrected chi connectivity index (χ0v) is 15.0. The van der Waals surface area contributed by atoms with Crippen LogP contribution in [0, 0.1) is 0 Å². The Balaban J connectivity index is 2.04. The van der Waals surface area contributed by atoms with Gasteiger partial charge in [0, 0.05) is 38.8 Å². The van der Waals surface area contributed by atoms with Gasteiger partial charge in [0.15, 0.2) is 0 Å². The van der Waals surface area contributed by atoms with E-state index in [1.807, 2.05) is 12.1 Å². The molecule has 5 heteroatoms. The summed E-state index contributed by atoms with van der Waals surface area (Å²) in [4.78, 5) is 16.9. The van der Waals surface area contributed by atoms with Crippen molar-refractivity contribution in [3.8, 4) is 0 Å². The van der Waals surface area contributed by atoms with Crippen molar-refractivity contribution in [1.29, 1.82) is 0 Å². The number of carbonyl (C=O) groups is 1. The van der Waals surface area contributed by atoms with Crippen molar-refractivity contribution >= 4 is 29.0 Å². The SMILES string of the molecule is CC(=O)[C@@H](CN1CCN(C(C)C)CC1)c1ccc(Cl)c(Cl)c1. The van der Waals surface area contributed by atoms with E-state index in [1.54, 1.807) is 13.0 Å². The van der Waals surface area contributed by atoms with E-state index in [0.29, 0.717) is 16.1 Å². The third-order valence-corrected chi connectivity index (χ3v) is 5.15. The van der Waals surface area contributed by atoms with Gasteiger partial charge in [-0.2, -0.15) is 0 Å². The van der Waals surface area contributed by atoms with Crippen LogP contribution in [-0.4, -0.2) is 54.3 Å². The maximum Gasteiger partial charge on any atom is 0.138 e. The summed E-state index contributed by atoms with van der Waals surface area (Å²) >= 11 is 12.1. The van der Waals surface area contributed by atoms with Crippen LogP contribution in [0.25, 0.3) is 0 Å². The number of hydrogen-bond acceptors (Lipinski definition) is 3. The molecule has 1 atom stereocenters. The summed E-state index contributed by atoms with van der Waals surface area (Å²) in [5.74, 6) is 0.0324. The van der Waals surface area contributed by atoms with Crippen LogP contribution in [0.5, 0.6) is 0 Å². The lowest BCUT2D eigenvalue weighted by atomic mass is 9.94. The van der Waals surface area contributed by atoms with Gasteiger partial charge < -0.3 is 0 Å². The number of halogens is 2. The van der Waals surface area contributed by atoms with Crippen molar-refractivity contribution in [1.82, 2.24) is 9.80 Å². The molecule has 0 N–H and O–H groups in total. The Morgan fingerprint density at radius 2 is 1.77 bits per heavy atom. The molecule has 3 nitrogen and oxygen atoms in total. The first kappa shape index (κ1) is 17.7. The monoisotopic (exact) mass is 342 g/mol. The molecule has 1 aliphatic rings. The zero-order chi connectivity index (χ0) is 16.3. The molecule has 0 aliphatic carbocycles. The number of piperazine rings is 1. The first-order chi connectivity index (χ1) is 10.4. The molecule has 0 amide bonds. The largest absolute Gasteiger partial charge is 0.300 e. The van der Waals surface area contributed by atoms with Crippen LogP contribution in [0.4, 0.5) is 0 Å². The topological polar surface area (TPSA) is 23.6 Å². The zero-order valence-electron chi connectivity index (χ0n) is 13.5. The fourth-order valence-electron chi connectivity index (χ4n) is 2.92. The first-order valence-corrected chi connectivity index (χ1v) is 8.56. The van der Waals surface area contributed by atoms with Crippen LogP contribution in [0.3, 0.4) is 0 Å². The number of hydrogen-bond donors (Lipinski definition) is 0. The molecule has 0 unspecified atom stereocenters. The Bertz CT molecular complexity index is 525. The summed E-state index contributed by atoms with van der Waals surface area (Å²) in [6.07, 6.45) is 0. The standard InChI is InChI=1S/C17H24Cl2N2O/c1-12(2)21-8-6-20(7-9-21)11-15(13(3)22)14-4-5-16(18)17(19)10-14/h4-5,10,12,15H,6-9,11H2,1-3H3/t15-/m1/s1. The third kappa shape index (κ3) is 4.45. The van der Waals surface area contributed by atoms with Gasteiger partial charge in [-0.25, -0.2) is 0 Å². The Morgan fingerprint density at radius 1 is 1.14 bits per heavy atom. The van der Waals surface area contributed by atoms with Crippen molar-refractivity contribution in [3.05, 3.63) is 33.8 Å². The molecule has 122 valence electrons. The van der Waals surface area contributed by atoms with Crippen LogP contribution in [-0.2, 0) is 4.79 Å². The highest BCUT2D eigenvalue weighted by Crippen LogP contribution is 2.28. The molecule has 1 aromatic carbocycles. The summed E-state index contributed by atoms with van der Waals surface area (Å²) in [6.45, 7) is 11.0. The van der Waals surface area contributed by atoms with E-state index < -0.39 is 0 Å². The van der Waals surface area contributed by atoms with E-state index in [0.717, 1.165) is 38.3 Å². The minimum atomic E-state index is -0.139. The van der Waals surface area contributed by atoms with Gasteiger partial charge in [-0.3, -0.25) is 14.6 Å². The molecule has 1 aliphatic heterocycles. The lowest BCUT2D eigenvalue weighted by Gasteiger charge is -2.38. The number of ketones is 1. The van der Waals surface area contributed by atoms with E-state index in [4.69, 9.17) is 23.2 Å². The molecule has 0 radical (unpaired) electrons. The van der Waals surface area contributed by atoms with Crippen molar-refractivity contribution in [2.24, 2.45) is 0 Å². The van der Waals surface area contributed by atoms with Gasteiger partial charge in [0.1, 0.15) is 5.78 Å². The number of Topliss-reactive ketones (excluding diaryl/α,β-unsaturated/α-hetero) is 1. The third-order valence-electron chi connectivity index (χ3n) is 4.41. The van der Waals surface area contributed by atoms with E-state index >= 15 is 0 Å². The molecule has 0 saturated carbocycles. The molecule has 1 saturated heterocycles. The lowest BCUT2D eigenvalue weighted by molar-refractivity contribution is -0.119. The minimum Gasteiger partial charge on any atom is -0.300 e. The summed E-state index contributed by atoms with van der Waals surface area (Å²) in [7, 11) is 0. The molecule has 1 fully saturated rings. The van der Waals surface area contributed by atoms with Crippen LogP contribution >= 0.6 is 23.2 Å². The highest BCUT2D eigenvalue weighted by Gasteiger charge is 2.24. The van der Waals surface area contributed by atoms with E-state index in [-0.39, 0.29) is 11.7 Å². The molecule has 22 heavy (non-hydrogen) atoms. The van der Waals surface area contributed by atoms with Gasteiger partial charge in [-0.15, -0.1) is 0 Å². The van der Waals surface area contributed by atoms with Gasteiger partial charge in [0.25, 0.3) is 0 Å². The Hall–Kier alpha value is -0.610. The van der Waals surface area contributed by atoms with E-state index in [2.05, 4.69) is 23.6 Å². The smallest absolute Gasteiger partial charge is 0.138 e. The highest BCUT2D eigenvalue weighted by molar-refractivity contribution is 6.42. The number of nitrogens with zero attached hydrogens (tertiary/aromatic N) is 2. The average molecular weight is 343 g/mol. The molecule has 2 rings (SSSR count). The normalized spacial score (nSPS) is 18.6. The second-order valence-electron chi connectivity index (χ2n) is 6.27. The number of rotatable bonds is 5. The van der Waals surface area contributed by atoms with Crippen molar-refractivity contribution in [3.63, 3.8) is 0 Å². The molecule has 0 spiro atoms. The number of benzene rings is 1. The summed E-state index contributed by atoms with van der Waals surface area (Å²) in [5.41, 5.74) is 0.952. The van der Waals surface area contributed by atoms with Crippen LogP contribution in [0.15, 0.2) is 18.2 Å². The fraction of sp³-hybridized carbons (Fsp3) is 0.588. The Morgan fingerprint density at radius 3 is 2.27 bits per heavy atom. The predicted octanol–water partition coefficient (Wildman–Crippen LogP) is 3.69. The van der Waals surface area contributed by atoms with Crippen molar-refractivity contribution in [2.45, 2.75) is 32.7 Å². The summed E-state index contributed by atoms with van der Waals surface area (Å²) < 4.78 is 0. The van der Waals surface area contributed by atoms with Crippen LogP contribution in [0.1, 0.15) is 32.3 Å². The predicted molar refractivity (Wildman–Crippen MR) is 93.0 cm³/mol. The highest BCUT2D eigenvalue weighted by atomic mass is 35.5. The quantitative estimate of drug-likeness (QED) is 0.815. The van der Waals surface area contributed by atoms with Crippen LogP contribution < -0.4 is 0 Å². The Labute approximate surface area is 143 Å². The molecule has 1 heterocycles. The molecule has 0 bridgehead atoms. The summed E-state index contributed by atoms with van der Waals surface area (Å²) in [5, 5.41) is 1.04. The van der Waals surface area contributed by atoms with Crippen molar-refractivity contribution in [2.75, 3.05) is 32.7 Å². The molecule has 1 aromatic rings. The maximum absolute atomic E-state index is 12.1. The summed E-state index contributed by atoms with van der Waals surface area (Å²) in [6, 6.07) is 6.08. The van der Waals surface area contributed by atoms with Gasteiger partial charge >= 0.3 is 0 Å². The second kappa shape index (κ2) is 7.78.